The van der Waals surface area contributed by atoms with Gasteiger partial charge in [0.1, 0.15) is 13.2 Å². The van der Waals surface area contributed by atoms with Gasteiger partial charge in [0.2, 0.25) is 0 Å². The van der Waals surface area contributed by atoms with Gasteiger partial charge in [0.05, 0.1) is 0 Å². The number of hydrogen-bond donors (Lipinski definition) is 1. The highest BCUT2D eigenvalue weighted by Crippen LogP contribution is 2.16. The summed E-state index contributed by atoms with van der Waals surface area (Å²) >= 11 is 0. The fourth-order valence-corrected chi connectivity index (χ4v) is 6.65. The lowest BCUT2D eigenvalue weighted by Crippen LogP contribution is -2.33. The Balaban J connectivity index is 4.31. The van der Waals surface area contributed by atoms with Crippen molar-refractivity contribution >= 4 is 23.9 Å². The summed E-state index contributed by atoms with van der Waals surface area (Å²) in [5.74, 6) is -3.05. The van der Waals surface area contributed by atoms with Gasteiger partial charge >= 0.3 is 23.9 Å². The Hall–Kier alpha value is -2.52. The zero-order valence-electron chi connectivity index (χ0n) is 34.8. The largest absolute Gasteiger partial charge is 0.481 e. The molecule has 0 aliphatic carbocycles. The first kappa shape index (κ1) is 51.5. The van der Waals surface area contributed by atoms with E-state index in [-0.39, 0.29) is 25.9 Å². The van der Waals surface area contributed by atoms with E-state index in [2.05, 4.69) is 19.0 Å². The zero-order valence-corrected chi connectivity index (χ0v) is 34.8. The minimum atomic E-state index is -1.48. The van der Waals surface area contributed by atoms with E-state index in [1.54, 1.807) is 0 Å². The molecule has 0 aromatic rings. The maximum atomic E-state index is 12.6. The van der Waals surface area contributed by atoms with E-state index in [1.807, 2.05) is 0 Å². The molecule has 0 aliphatic rings. The molecule has 0 aliphatic heterocycles. The molecule has 0 amide bonds. The fourth-order valence-electron chi connectivity index (χ4n) is 6.65. The molecule has 54 heavy (non-hydrogen) atoms. The zero-order chi connectivity index (χ0) is 39.7. The molecular formula is C44H81NO9. The van der Waals surface area contributed by atoms with Crippen molar-refractivity contribution in [1.82, 2.24) is 0 Å². The van der Waals surface area contributed by atoms with Crippen LogP contribution in [0.15, 0.2) is 5.18 Å². The quantitative estimate of drug-likeness (QED) is 0.0277. The van der Waals surface area contributed by atoms with Crippen LogP contribution in [0.4, 0.5) is 0 Å². The number of carbonyl (C=O) groups excluding carboxylic acids is 3. The van der Waals surface area contributed by atoms with Gasteiger partial charge in [-0.1, -0.05) is 199 Å². The summed E-state index contributed by atoms with van der Waals surface area (Å²) in [6, 6.07) is -1.48. The molecule has 2 unspecified atom stereocenters. The first-order chi connectivity index (χ1) is 26.3. The molecule has 0 fully saturated rings. The molecule has 0 saturated heterocycles. The number of ether oxygens (including phenoxy) is 3. The van der Waals surface area contributed by atoms with Crippen LogP contribution in [0.25, 0.3) is 0 Å². The van der Waals surface area contributed by atoms with Gasteiger partial charge in [0.15, 0.2) is 12.1 Å². The summed E-state index contributed by atoms with van der Waals surface area (Å²) < 4.78 is 16.0. The second-order valence-electron chi connectivity index (χ2n) is 15.4. The molecule has 2 atom stereocenters. The van der Waals surface area contributed by atoms with Crippen molar-refractivity contribution in [3.63, 3.8) is 0 Å². The Morgan fingerprint density at radius 1 is 0.463 bits per heavy atom. The number of carbonyl (C=O) groups is 4. The molecule has 10 nitrogen and oxygen atoms in total. The Kier molecular flexibility index (Phi) is 38.3. The lowest BCUT2D eigenvalue weighted by atomic mass is 10.0. The predicted molar refractivity (Wildman–Crippen MR) is 217 cm³/mol. The number of carboxylic acids is 1. The topological polar surface area (TPSA) is 146 Å². The predicted octanol–water partition coefficient (Wildman–Crippen LogP) is 12.5. The summed E-state index contributed by atoms with van der Waals surface area (Å²) in [6.07, 6.45) is 35.6. The monoisotopic (exact) mass is 768 g/mol. The van der Waals surface area contributed by atoms with Gasteiger partial charge in [-0.25, -0.2) is 4.79 Å². The second-order valence-corrected chi connectivity index (χ2v) is 15.4. The Morgan fingerprint density at radius 3 is 1.15 bits per heavy atom. The van der Waals surface area contributed by atoms with Gasteiger partial charge in [-0.05, 0) is 19.3 Å². The van der Waals surface area contributed by atoms with Crippen LogP contribution in [-0.2, 0) is 33.4 Å². The summed E-state index contributed by atoms with van der Waals surface area (Å²) in [6.45, 7) is 3.81. The minimum Gasteiger partial charge on any atom is -0.481 e. The van der Waals surface area contributed by atoms with Gasteiger partial charge in [-0.2, -0.15) is 0 Å². The lowest BCUT2D eigenvalue weighted by molar-refractivity contribution is -0.167. The first-order valence-electron chi connectivity index (χ1n) is 22.4. The molecule has 316 valence electrons. The van der Waals surface area contributed by atoms with Crippen LogP contribution < -0.4 is 0 Å². The number of nitroso groups, excluding NO2 is 1. The maximum absolute atomic E-state index is 12.6. The highest BCUT2D eigenvalue weighted by Gasteiger charge is 2.25. The first-order valence-corrected chi connectivity index (χ1v) is 22.4. The van der Waals surface area contributed by atoms with Crippen molar-refractivity contribution in [2.24, 2.45) is 5.18 Å². The van der Waals surface area contributed by atoms with E-state index in [0.717, 1.165) is 38.5 Å². The molecule has 0 bridgehead atoms. The average Bonchev–Trinajstić information content (AvgIpc) is 3.15. The Bertz CT molecular complexity index is 912. The van der Waals surface area contributed by atoms with Crippen molar-refractivity contribution in [1.29, 1.82) is 0 Å². The van der Waals surface area contributed by atoms with Crippen molar-refractivity contribution in [3.05, 3.63) is 4.91 Å². The number of carboxylic acid groups (broad SMARTS) is 1. The normalized spacial score (nSPS) is 12.3. The third-order valence-electron chi connectivity index (χ3n) is 10.1. The highest BCUT2D eigenvalue weighted by atomic mass is 16.6. The standard InChI is InChI=1S/C44H81NO9/c1-3-5-7-9-11-13-15-17-19-21-23-25-27-29-31-33-42(48)52-37-39(38-53-44(50)40(45-51)35-36-41(46)47)54-43(49)34-32-30-28-26-24-22-20-18-16-14-12-10-8-6-4-2/h39-40H,3-38H2,1-2H3,(H,46,47). The molecule has 0 spiro atoms. The molecular weight excluding hydrogens is 686 g/mol. The number of aliphatic carboxylic acids is 1. The Morgan fingerprint density at radius 2 is 0.796 bits per heavy atom. The smallest absolute Gasteiger partial charge is 0.334 e. The number of nitrogens with zero attached hydrogens (tertiary/aromatic N) is 1. The fraction of sp³-hybridized carbons (Fsp3) is 0.909. The van der Waals surface area contributed by atoms with Crippen LogP contribution >= 0.6 is 0 Å². The molecule has 0 radical (unpaired) electrons. The number of hydrogen-bond acceptors (Lipinski definition) is 9. The number of unbranched alkanes of at least 4 members (excludes halogenated alkanes) is 28. The molecule has 0 aromatic carbocycles. The van der Waals surface area contributed by atoms with Crippen LogP contribution in [-0.4, -0.2) is 54.3 Å². The van der Waals surface area contributed by atoms with Gasteiger partial charge in [-0.15, -0.1) is 4.91 Å². The van der Waals surface area contributed by atoms with E-state index in [9.17, 15) is 24.1 Å². The third-order valence-corrected chi connectivity index (χ3v) is 10.1. The molecule has 0 saturated carbocycles. The minimum absolute atomic E-state index is 0.201. The van der Waals surface area contributed by atoms with Gasteiger partial charge in [0.25, 0.3) is 0 Å². The molecule has 1 N–H and O–H groups in total. The van der Waals surface area contributed by atoms with E-state index < -0.39 is 49.1 Å². The third kappa shape index (κ3) is 36.5. The summed E-state index contributed by atoms with van der Waals surface area (Å²) in [5.41, 5.74) is 0. The average molecular weight is 768 g/mol. The van der Waals surface area contributed by atoms with E-state index in [0.29, 0.717) is 12.8 Å². The van der Waals surface area contributed by atoms with Crippen LogP contribution in [0.1, 0.15) is 232 Å². The van der Waals surface area contributed by atoms with Gasteiger partial charge in [-0.3, -0.25) is 14.4 Å². The van der Waals surface area contributed by atoms with E-state index >= 15 is 0 Å². The molecule has 0 rings (SSSR count). The van der Waals surface area contributed by atoms with Crippen molar-refractivity contribution in [2.45, 2.75) is 244 Å². The highest BCUT2D eigenvalue weighted by molar-refractivity contribution is 5.77. The van der Waals surface area contributed by atoms with Crippen LogP contribution in [0.3, 0.4) is 0 Å². The van der Waals surface area contributed by atoms with Crippen LogP contribution in [0, 0.1) is 4.91 Å². The summed E-state index contributed by atoms with van der Waals surface area (Å²) in [5, 5.41) is 11.6. The van der Waals surface area contributed by atoms with Crippen molar-refractivity contribution in [2.75, 3.05) is 13.2 Å². The maximum Gasteiger partial charge on any atom is 0.334 e. The van der Waals surface area contributed by atoms with Gasteiger partial charge < -0.3 is 19.3 Å². The van der Waals surface area contributed by atoms with Crippen molar-refractivity contribution < 1.29 is 38.5 Å². The summed E-state index contributed by atoms with van der Waals surface area (Å²) in [4.78, 5) is 59.4. The Labute approximate surface area is 329 Å². The van der Waals surface area contributed by atoms with Gasteiger partial charge in [0, 0.05) is 19.3 Å². The van der Waals surface area contributed by atoms with E-state index in [4.69, 9.17) is 19.3 Å². The molecule has 0 heterocycles. The van der Waals surface area contributed by atoms with E-state index in [1.165, 1.54) is 141 Å². The number of rotatable bonds is 42. The molecule has 0 aromatic heterocycles. The van der Waals surface area contributed by atoms with Crippen LogP contribution in [0.5, 0.6) is 0 Å². The lowest BCUT2D eigenvalue weighted by Gasteiger charge is -2.19. The van der Waals surface area contributed by atoms with Crippen molar-refractivity contribution in [3.8, 4) is 0 Å². The second kappa shape index (κ2) is 40.2. The van der Waals surface area contributed by atoms with Crippen LogP contribution in [0.2, 0.25) is 0 Å². The molecule has 10 heteroatoms. The SMILES string of the molecule is CCCCCCCCCCCCCCCCCC(=O)OCC(COC(=O)C(CCC(=O)O)N=O)OC(=O)CCCCCCCCCCCCCCCCC. The summed E-state index contributed by atoms with van der Waals surface area (Å²) in [7, 11) is 0. The number of esters is 3.